The van der Waals surface area contributed by atoms with E-state index in [0.717, 1.165) is 36.1 Å². The monoisotopic (exact) mass is 331 g/mol. The Morgan fingerprint density at radius 2 is 1.95 bits per heavy atom. The zero-order chi connectivity index (χ0) is 13.9. The van der Waals surface area contributed by atoms with E-state index >= 15 is 0 Å². The summed E-state index contributed by atoms with van der Waals surface area (Å²) in [6.45, 7) is 0.817. The molecule has 2 aromatic rings. The third-order valence-electron chi connectivity index (χ3n) is 3.80. The second-order valence-electron chi connectivity index (χ2n) is 5.24. The van der Waals surface area contributed by atoms with E-state index in [4.69, 9.17) is 10.5 Å². The molecule has 0 saturated heterocycles. The Bertz CT molecular complexity index is 594. The van der Waals surface area contributed by atoms with Crippen molar-refractivity contribution in [2.24, 2.45) is 5.73 Å². The molecule has 0 fully saturated rings. The van der Waals surface area contributed by atoms with Crippen molar-refractivity contribution in [2.75, 3.05) is 6.61 Å². The van der Waals surface area contributed by atoms with Gasteiger partial charge in [0, 0.05) is 16.9 Å². The highest BCUT2D eigenvalue weighted by Gasteiger charge is 2.12. The SMILES string of the molecule is NC(CCc1ccc2c(c1)CCO2)c1ccc(Br)cc1. The largest absolute Gasteiger partial charge is 0.493 e. The van der Waals surface area contributed by atoms with Gasteiger partial charge in [-0.3, -0.25) is 0 Å². The summed E-state index contributed by atoms with van der Waals surface area (Å²) in [5.74, 6) is 1.05. The fourth-order valence-electron chi connectivity index (χ4n) is 2.59. The molecule has 3 heteroatoms. The lowest BCUT2D eigenvalue weighted by molar-refractivity contribution is 0.357. The van der Waals surface area contributed by atoms with E-state index < -0.39 is 0 Å². The molecule has 2 nitrogen and oxygen atoms in total. The maximum absolute atomic E-state index is 6.27. The van der Waals surface area contributed by atoms with E-state index in [2.05, 4.69) is 46.3 Å². The quantitative estimate of drug-likeness (QED) is 0.918. The van der Waals surface area contributed by atoms with Crippen LogP contribution in [0.1, 0.15) is 29.2 Å². The Balaban J connectivity index is 1.63. The number of hydrogen-bond donors (Lipinski definition) is 1. The standard InChI is InChI=1S/C17H18BrNO/c18-15-5-3-13(4-6-15)16(19)7-1-12-2-8-17-14(11-12)9-10-20-17/h2-6,8,11,16H,1,7,9-10,19H2. The minimum absolute atomic E-state index is 0.0904. The summed E-state index contributed by atoms with van der Waals surface area (Å²) in [5.41, 5.74) is 10.1. The van der Waals surface area contributed by atoms with Crippen molar-refractivity contribution >= 4 is 15.9 Å². The van der Waals surface area contributed by atoms with Crippen LogP contribution in [0.4, 0.5) is 0 Å². The second-order valence-corrected chi connectivity index (χ2v) is 6.15. The van der Waals surface area contributed by atoms with Gasteiger partial charge in [-0.2, -0.15) is 0 Å². The summed E-state index contributed by atoms with van der Waals surface area (Å²) in [6, 6.07) is 14.9. The topological polar surface area (TPSA) is 35.2 Å². The second kappa shape index (κ2) is 5.98. The van der Waals surface area contributed by atoms with E-state index in [0.29, 0.717) is 0 Å². The summed E-state index contributed by atoms with van der Waals surface area (Å²) >= 11 is 3.45. The molecule has 0 amide bonds. The van der Waals surface area contributed by atoms with Crippen molar-refractivity contribution in [3.05, 3.63) is 63.6 Å². The van der Waals surface area contributed by atoms with Crippen LogP contribution in [0.2, 0.25) is 0 Å². The lowest BCUT2D eigenvalue weighted by atomic mass is 9.98. The first-order valence-electron chi connectivity index (χ1n) is 6.98. The summed E-state index contributed by atoms with van der Waals surface area (Å²) in [4.78, 5) is 0. The zero-order valence-corrected chi connectivity index (χ0v) is 12.9. The van der Waals surface area contributed by atoms with Crippen LogP contribution in [0.25, 0.3) is 0 Å². The predicted octanol–water partition coefficient (Wildman–Crippen LogP) is 4.02. The van der Waals surface area contributed by atoms with E-state index in [1.807, 2.05) is 12.1 Å². The molecule has 0 aliphatic carbocycles. The van der Waals surface area contributed by atoms with Gasteiger partial charge in [-0.15, -0.1) is 0 Å². The van der Waals surface area contributed by atoms with Gasteiger partial charge in [-0.05, 0) is 47.7 Å². The zero-order valence-electron chi connectivity index (χ0n) is 11.3. The molecule has 1 atom stereocenters. The van der Waals surface area contributed by atoms with Gasteiger partial charge in [0.25, 0.3) is 0 Å². The first-order chi connectivity index (χ1) is 9.72. The van der Waals surface area contributed by atoms with Crippen LogP contribution >= 0.6 is 15.9 Å². The molecule has 0 bridgehead atoms. The number of rotatable bonds is 4. The summed E-state index contributed by atoms with van der Waals surface area (Å²) in [7, 11) is 0. The normalized spacial score (nSPS) is 14.7. The summed E-state index contributed by atoms with van der Waals surface area (Å²) in [6.07, 6.45) is 2.99. The highest BCUT2D eigenvalue weighted by Crippen LogP contribution is 2.27. The number of fused-ring (bicyclic) bond motifs is 1. The van der Waals surface area contributed by atoms with Gasteiger partial charge >= 0.3 is 0 Å². The molecule has 0 spiro atoms. The minimum atomic E-state index is 0.0904. The Kier molecular flexibility index (Phi) is 4.08. The molecule has 1 aliphatic rings. The highest BCUT2D eigenvalue weighted by atomic mass is 79.9. The van der Waals surface area contributed by atoms with Crippen LogP contribution in [0, 0.1) is 0 Å². The number of ether oxygens (including phenoxy) is 1. The average molecular weight is 332 g/mol. The smallest absolute Gasteiger partial charge is 0.122 e. The first-order valence-corrected chi connectivity index (χ1v) is 7.77. The van der Waals surface area contributed by atoms with E-state index in [1.54, 1.807) is 0 Å². The van der Waals surface area contributed by atoms with Gasteiger partial charge < -0.3 is 10.5 Å². The summed E-state index contributed by atoms with van der Waals surface area (Å²) < 4.78 is 6.62. The van der Waals surface area contributed by atoms with Gasteiger partial charge in [0.1, 0.15) is 5.75 Å². The Morgan fingerprint density at radius 1 is 1.15 bits per heavy atom. The molecule has 1 aliphatic heterocycles. The molecule has 2 aromatic carbocycles. The number of aryl methyl sites for hydroxylation is 1. The van der Waals surface area contributed by atoms with E-state index in [1.165, 1.54) is 16.7 Å². The van der Waals surface area contributed by atoms with Crippen molar-refractivity contribution in [1.82, 2.24) is 0 Å². The maximum atomic E-state index is 6.27. The average Bonchev–Trinajstić information content (AvgIpc) is 2.93. The fraction of sp³-hybridized carbons (Fsp3) is 0.294. The van der Waals surface area contributed by atoms with Crippen LogP contribution < -0.4 is 10.5 Å². The first kappa shape index (κ1) is 13.7. The molecule has 0 radical (unpaired) electrons. The van der Waals surface area contributed by atoms with Crippen LogP contribution in [0.5, 0.6) is 5.75 Å². The lowest BCUT2D eigenvalue weighted by Crippen LogP contribution is -2.11. The third kappa shape index (κ3) is 3.05. The van der Waals surface area contributed by atoms with Crippen molar-refractivity contribution in [3.8, 4) is 5.75 Å². The Morgan fingerprint density at radius 3 is 2.75 bits per heavy atom. The number of benzene rings is 2. The molecule has 2 N–H and O–H groups in total. The van der Waals surface area contributed by atoms with Crippen molar-refractivity contribution in [2.45, 2.75) is 25.3 Å². The van der Waals surface area contributed by atoms with Crippen molar-refractivity contribution in [1.29, 1.82) is 0 Å². The molecule has 3 rings (SSSR count). The molecule has 0 aromatic heterocycles. The van der Waals surface area contributed by atoms with Gasteiger partial charge in [0.05, 0.1) is 6.61 Å². The molecular formula is C17H18BrNO. The van der Waals surface area contributed by atoms with Gasteiger partial charge in [0.2, 0.25) is 0 Å². The van der Waals surface area contributed by atoms with Crippen LogP contribution in [0.15, 0.2) is 46.9 Å². The molecule has 1 unspecified atom stereocenters. The molecule has 104 valence electrons. The minimum Gasteiger partial charge on any atom is -0.493 e. The third-order valence-corrected chi connectivity index (χ3v) is 4.32. The maximum Gasteiger partial charge on any atom is 0.122 e. The molecule has 0 saturated carbocycles. The van der Waals surface area contributed by atoms with E-state index in [-0.39, 0.29) is 6.04 Å². The highest BCUT2D eigenvalue weighted by molar-refractivity contribution is 9.10. The van der Waals surface area contributed by atoms with Crippen molar-refractivity contribution in [3.63, 3.8) is 0 Å². The van der Waals surface area contributed by atoms with Gasteiger partial charge in [-0.25, -0.2) is 0 Å². The van der Waals surface area contributed by atoms with Crippen LogP contribution in [-0.2, 0) is 12.8 Å². The predicted molar refractivity (Wildman–Crippen MR) is 85.0 cm³/mol. The molecule has 1 heterocycles. The van der Waals surface area contributed by atoms with Crippen LogP contribution in [0.3, 0.4) is 0 Å². The van der Waals surface area contributed by atoms with Gasteiger partial charge in [0.15, 0.2) is 0 Å². The number of hydrogen-bond acceptors (Lipinski definition) is 2. The van der Waals surface area contributed by atoms with Crippen LogP contribution in [-0.4, -0.2) is 6.61 Å². The Hall–Kier alpha value is -1.32. The Labute approximate surface area is 128 Å². The fourth-order valence-corrected chi connectivity index (χ4v) is 2.86. The number of nitrogens with two attached hydrogens (primary N) is 1. The van der Waals surface area contributed by atoms with Crippen molar-refractivity contribution < 1.29 is 4.74 Å². The lowest BCUT2D eigenvalue weighted by Gasteiger charge is -2.12. The van der Waals surface area contributed by atoms with E-state index in [9.17, 15) is 0 Å². The van der Waals surface area contributed by atoms with Gasteiger partial charge in [-0.1, -0.05) is 40.2 Å². The molecular weight excluding hydrogens is 314 g/mol. The number of halogens is 1. The summed E-state index contributed by atoms with van der Waals surface area (Å²) in [5, 5.41) is 0. The molecule has 20 heavy (non-hydrogen) atoms.